The molecule has 0 bridgehead atoms. The van der Waals surface area contributed by atoms with Crippen LogP contribution in [0, 0.1) is 6.92 Å². The highest BCUT2D eigenvalue weighted by atomic mass is 79.9. The van der Waals surface area contributed by atoms with Crippen molar-refractivity contribution in [1.29, 1.82) is 0 Å². The van der Waals surface area contributed by atoms with Gasteiger partial charge in [-0.25, -0.2) is 4.98 Å². The van der Waals surface area contributed by atoms with Gasteiger partial charge < -0.3 is 4.74 Å². The van der Waals surface area contributed by atoms with E-state index >= 15 is 0 Å². The maximum absolute atomic E-state index is 5.79. The average Bonchev–Trinajstić information content (AvgIpc) is 2.26. The average molecular weight is 321 g/mol. The highest BCUT2D eigenvalue weighted by Gasteiger charge is 2.14. The maximum atomic E-state index is 5.79. The van der Waals surface area contributed by atoms with Crippen LogP contribution < -0.4 is 4.74 Å². The topological polar surface area (TPSA) is 35.0 Å². The van der Waals surface area contributed by atoms with Crippen LogP contribution >= 0.6 is 15.9 Å². The number of rotatable bonds is 2. The molecule has 0 spiro atoms. The van der Waals surface area contributed by atoms with Gasteiger partial charge in [0.2, 0.25) is 5.88 Å². The minimum atomic E-state index is 0.0988. The molecule has 0 radical (unpaired) electrons. The first-order chi connectivity index (χ1) is 8.84. The summed E-state index contributed by atoms with van der Waals surface area (Å²) >= 11 is 3.34. The first-order valence-electron chi connectivity index (χ1n) is 6.14. The van der Waals surface area contributed by atoms with E-state index in [1.165, 1.54) is 5.56 Å². The van der Waals surface area contributed by atoms with Crippen molar-refractivity contribution in [3.63, 3.8) is 0 Å². The SMILES string of the molecule is Cc1nc(Br)cc(Oc2cccc(C(C)(C)C)c2)n1. The van der Waals surface area contributed by atoms with Crippen LogP contribution in [0.15, 0.2) is 34.9 Å². The zero-order valence-electron chi connectivity index (χ0n) is 11.6. The fourth-order valence-electron chi connectivity index (χ4n) is 1.70. The van der Waals surface area contributed by atoms with Crippen molar-refractivity contribution < 1.29 is 4.74 Å². The normalized spacial score (nSPS) is 11.4. The van der Waals surface area contributed by atoms with Crippen LogP contribution in [-0.4, -0.2) is 9.97 Å². The predicted octanol–water partition coefficient (Wildman–Crippen LogP) is 4.64. The Balaban J connectivity index is 2.28. The largest absolute Gasteiger partial charge is 0.439 e. The molecule has 1 aromatic carbocycles. The van der Waals surface area contributed by atoms with Gasteiger partial charge in [0.05, 0.1) is 0 Å². The molecule has 1 heterocycles. The molecule has 0 fully saturated rings. The Bertz CT molecular complexity index is 571. The summed E-state index contributed by atoms with van der Waals surface area (Å²) in [6.45, 7) is 8.37. The second-order valence-electron chi connectivity index (χ2n) is 5.46. The molecule has 2 rings (SSSR count). The summed E-state index contributed by atoms with van der Waals surface area (Å²) < 4.78 is 6.52. The van der Waals surface area contributed by atoms with Crippen molar-refractivity contribution in [3.05, 3.63) is 46.3 Å². The first-order valence-corrected chi connectivity index (χ1v) is 6.93. The number of hydrogen-bond acceptors (Lipinski definition) is 3. The van der Waals surface area contributed by atoms with Crippen LogP contribution in [0.1, 0.15) is 32.2 Å². The van der Waals surface area contributed by atoms with Crippen LogP contribution in [0.5, 0.6) is 11.6 Å². The second-order valence-corrected chi connectivity index (χ2v) is 6.27. The Labute approximate surface area is 122 Å². The van der Waals surface area contributed by atoms with Crippen molar-refractivity contribution in [1.82, 2.24) is 9.97 Å². The van der Waals surface area contributed by atoms with Gasteiger partial charge in [-0.15, -0.1) is 0 Å². The molecule has 0 atom stereocenters. The zero-order valence-corrected chi connectivity index (χ0v) is 13.2. The Kier molecular flexibility index (Phi) is 3.90. The van der Waals surface area contributed by atoms with Crippen molar-refractivity contribution >= 4 is 15.9 Å². The van der Waals surface area contributed by atoms with Gasteiger partial charge >= 0.3 is 0 Å². The molecule has 0 saturated carbocycles. The van der Waals surface area contributed by atoms with Crippen LogP contribution in [0.3, 0.4) is 0 Å². The van der Waals surface area contributed by atoms with Crippen molar-refractivity contribution in [3.8, 4) is 11.6 Å². The van der Waals surface area contributed by atoms with Crippen LogP contribution in [-0.2, 0) is 5.41 Å². The lowest BCUT2D eigenvalue weighted by Gasteiger charge is -2.19. The van der Waals surface area contributed by atoms with Gasteiger partial charge in [-0.1, -0.05) is 32.9 Å². The van der Waals surface area contributed by atoms with Gasteiger partial charge in [0.15, 0.2) is 0 Å². The molecule has 0 N–H and O–H groups in total. The maximum Gasteiger partial charge on any atom is 0.223 e. The standard InChI is InChI=1S/C15H17BrN2O/c1-10-17-13(16)9-14(18-10)19-12-7-5-6-11(8-12)15(2,3)4/h5-9H,1-4H3. The summed E-state index contributed by atoms with van der Waals surface area (Å²) in [5.41, 5.74) is 1.33. The molecule has 2 aromatic rings. The Morgan fingerprint density at radius 2 is 1.84 bits per heavy atom. The molecule has 0 unspecified atom stereocenters. The number of aromatic nitrogens is 2. The van der Waals surface area contributed by atoms with Gasteiger partial charge in [-0.2, -0.15) is 4.98 Å². The monoisotopic (exact) mass is 320 g/mol. The predicted molar refractivity (Wildman–Crippen MR) is 79.7 cm³/mol. The quantitative estimate of drug-likeness (QED) is 0.756. The van der Waals surface area contributed by atoms with E-state index in [0.717, 1.165) is 10.4 Å². The molecule has 1 aromatic heterocycles. The zero-order chi connectivity index (χ0) is 14.0. The second kappa shape index (κ2) is 5.29. The fourth-order valence-corrected chi connectivity index (χ4v) is 2.16. The summed E-state index contributed by atoms with van der Waals surface area (Å²) in [5, 5.41) is 0. The minimum Gasteiger partial charge on any atom is -0.439 e. The molecule has 0 aliphatic heterocycles. The Morgan fingerprint density at radius 3 is 2.47 bits per heavy atom. The van der Waals surface area contributed by atoms with Gasteiger partial charge in [-0.3, -0.25) is 0 Å². The third kappa shape index (κ3) is 3.77. The van der Waals surface area contributed by atoms with E-state index in [2.05, 4.69) is 52.7 Å². The fraction of sp³-hybridized carbons (Fsp3) is 0.333. The van der Waals surface area contributed by atoms with Crippen LogP contribution in [0.4, 0.5) is 0 Å². The Hall–Kier alpha value is -1.42. The van der Waals surface area contributed by atoms with Crippen molar-refractivity contribution in [2.75, 3.05) is 0 Å². The van der Waals surface area contributed by atoms with Crippen LogP contribution in [0.25, 0.3) is 0 Å². The lowest BCUT2D eigenvalue weighted by Crippen LogP contribution is -2.10. The number of ether oxygens (including phenoxy) is 1. The number of benzene rings is 1. The molecule has 100 valence electrons. The highest BCUT2D eigenvalue weighted by molar-refractivity contribution is 9.10. The van der Waals surface area contributed by atoms with E-state index in [9.17, 15) is 0 Å². The summed E-state index contributed by atoms with van der Waals surface area (Å²) in [6, 6.07) is 9.84. The minimum absolute atomic E-state index is 0.0988. The number of hydrogen-bond donors (Lipinski definition) is 0. The van der Waals surface area contributed by atoms with E-state index in [1.54, 1.807) is 6.07 Å². The lowest BCUT2D eigenvalue weighted by atomic mass is 9.87. The summed E-state index contributed by atoms with van der Waals surface area (Å²) in [5.74, 6) is 2.01. The molecule has 0 aliphatic rings. The smallest absolute Gasteiger partial charge is 0.223 e. The van der Waals surface area contributed by atoms with Gasteiger partial charge in [0, 0.05) is 6.07 Å². The van der Waals surface area contributed by atoms with Gasteiger partial charge in [0.1, 0.15) is 16.2 Å². The summed E-state index contributed by atoms with van der Waals surface area (Å²) in [7, 11) is 0. The van der Waals surface area contributed by atoms with E-state index in [4.69, 9.17) is 4.74 Å². The molecule has 0 saturated heterocycles. The third-order valence-corrected chi connectivity index (χ3v) is 3.11. The summed E-state index contributed by atoms with van der Waals surface area (Å²) in [6.07, 6.45) is 0. The van der Waals surface area contributed by atoms with Gasteiger partial charge in [0.25, 0.3) is 0 Å². The number of nitrogens with zero attached hydrogens (tertiary/aromatic N) is 2. The molecular formula is C15H17BrN2O. The Morgan fingerprint density at radius 1 is 1.11 bits per heavy atom. The van der Waals surface area contributed by atoms with E-state index in [1.807, 2.05) is 25.1 Å². The van der Waals surface area contributed by atoms with Crippen molar-refractivity contribution in [2.24, 2.45) is 0 Å². The molecule has 0 aliphatic carbocycles. The van der Waals surface area contributed by atoms with E-state index in [-0.39, 0.29) is 5.41 Å². The molecule has 3 nitrogen and oxygen atoms in total. The highest BCUT2D eigenvalue weighted by Crippen LogP contribution is 2.28. The molecule has 0 amide bonds. The van der Waals surface area contributed by atoms with Crippen LogP contribution in [0.2, 0.25) is 0 Å². The van der Waals surface area contributed by atoms with Crippen molar-refractivity contribution in [2.45, 2.75) is 33.1 Å². The molecule has 4 heteroatoms. The lowest BCUT2D eigenvalue weighted by molar-refractivity contribution is 0.456. The molecule has 19 heavy (non-hydrogen) atoms. The van der Waals surface area contributed by atoms with E-state index in [0.29, 0.717) is 11.7 Å². The first kappa shape index (κ1) is 14.0. The van der Waals surface area contributed by atoms with E-state index < -0.39 is 0 Å². The number of halogens is 1. The van der Waals surface area contributed by atoms with Gasteiger partial charge in [-0.05, 0) is 46.0 Å². The number of aryl methyl sites for hydroxylation is 1. The molecular weight excluding hydrogens is 304 g/mol. The third-order valence-electron chi connectivity index (χ3n) is 2.71. The summed E-state index contributed by atoms with van der Waals surface area (Å²) in [4.78, 5) is 8.42.